The Morgan fingerprint density at radius 3 is 1.53 bits per heavy atom. The summed E-state index contributed by atoms with van der Waals surface area (Å²) in [6, 6.07) is 0. The molecule has 0 saturated carbocycles. The van der Waals surface area contributed by atoms with Gasteiger partial charge in [-0.3, -0.25) is 0 Å². The van der Waals surface area contributed by atoms with E-state index in [1.165, 1.54) is 34.8 Å². The number of hydrogen-bond acceptors (Lipinski definition) is 4. The van der Waals surface area contributed by atoms with E-state index in [1.807, 2.05) is 0 Å². The molecule has 3 N–H and O–H groups in total. The van der Waals surface area contributed by atoms with Crippen molar-refractivity contribution in [2.45, 2.75) is 39.1 Å². The molecular formula is C10H20O5. The maximum Gasteiger partial charge on any atom is 0.330 e. The number of carboxylic acid groups (broad SMARTS) is 1. The normalized spacial score (nSPS) is 14.6. The molecule has 0 spiro atoms. The lowest BCUT2D eigenvalue weighted by atomic mass is 10.00. The van der Waals surface area contributed by atoms with Gasteiger partial charge in [0.15, 0.2) is 5.79 Å². The number of hydrogen-bond donors (Lipinski definition) is 3. The van der Waals surface area contributed by atoms with E-state index in [4.69, 9.17) is 5.11 Å². The van der Waals surface area contributed by atoms with E-state index in [9.17, 15) is 15.0 Å². The van der Waals surface area contributed by atoms with E-state index in [0.717, 1.165) is 0 Å². The maximum atomic E-state index is 9.60. The fourth-order valence-corrected chi connectivity index (χ4v) is 0.250. The van der Waals surface area contributed by atoms with Gasteiger partial charge in [0.2, 0.25) is 0 Å². The molecule has 0 aromatic carbocycles. The highest BCUT2D eigenvalue weighted by Gasteiger charge is 2.37. The van der Waals surface area contributed by atoms with Crippen molar-refractivity contribution in [2.75, 3.05) is 7.11 Å². The van der Waals surface area contributed by atoms with Gasteiger partial charge in [0.1, 0.15) is 5.60 Å². The molecule has 5 heteroatoms. The Morgan fingerprint density at radius 2 is 1.53 bits per heavy atom. The summed E-state index contributed by atoms with van der Waals surface area (Å²) in [5, 5.41) is 26.2. The second kappa shape index (κ2) is 5.85. The average molecular weight is 220 g/mol. The van der Waals surface area contributed by atoms with Crippen molar-refractivity contribution in [1.29, 1.82) is 0 Å². The van der Waals surface area contributed by atoms with Crippen LogP contribution in [0, 0.1) is 0 Å². The highest BCUT2D eigenvalue weighted by atomic mass is 16.6. The number of carbonyl (C=O) groups is 1. The van der Waals surface area contributed by atoms with Crippen LogP contribution in [0.15, 0.2) is 12.2 Å². The molecule has 0 aliphatic rings. The first-order chi connectivity index (χ1) is 6.45. The molecule has 0 aliphatic carbocycles. The molecule has 1 atom stereocenters. The Kier molecular flexibility index (Phi) is 6.44. The lowest BCUT2D eigenvalue weighted by molar-refractivity contribution is -0.265. The van der Waals surface area contributed by atoms with E-state index in [0.29, 0.717) is 0 Å². The molecule has 0 aromatic heterocycles. The Hall–Kier alpha value is -0.910. The van der Waals surface area contributed by atoms with Crippen molar-refractivity contribution in [1.82, 2.24) is 0 Å². The van der Waals surface area contributed by atoms with E-state index in [2.05, 4.69) is 11.3 Å². The van der Waals surface area contributed by atoms with Crippen LogP contribution >= 0.6 is 0 Å². The highest BCUT2D eigenvalue weighted by Crippen LogP contribution is 2.20. The standard InChI is InChI=1S/C6H14O3.C4H6O2/c1-5(2,7)6(3,8)9-4;1-3(2)4(5)6/h7-8H,1-4H3;1H2,2H3,(H,5,6). The van der Waals surface area contributed by atoms with Crippen molar-refractivity contribution in [2.24, 2.45) is 0 Å². The zero-order chi connectivity index (χ0) is 12.9. The fraction of sp³-hybridized carbons (Fsp3) is 0.700. The molecule has 0 rings (SSSR count). The number of aliphatic carboxylic acids is 1. The van der Waals surface area contributed by atoms with Crippen LogP contribution in [-0.4, -0.2) is 39.8 Å². The first-order valence-corrected chi connectivity index (χ1v) is 4.34. The molecule has 0 aromatic rings. The van der Waals surface area contributed by atoms with Gasteiger partial charge in [-0.25, -0.2) is 4.79 Å². The number of aliphatic hydroxyl groups is 2. The number of carboxylic acids is 1. The molecule has 0 fully saturated rings. The van der Waals surface area contributed by atoms with Crippen LogP contribution in [0.4, 0.5) is 0 Å². The zero-order valence-corrected chi connectivity index (χ0v) is 9.87. The van der Waals surface area contributed by atoms with E-state index in [1.54, 1.807) is 0 Å². The Labute approximate surface area is 90.0 Å². The van der Waals surface area contributed by atoms with Gasteiger partial charge in [-0.15, -0.1) is 0 Å². The molecule has 1 unspecified atom stereocenters. The lowest BCUT2D eigenvalue weighted by Crippen LogP contribution is -2.48. The van der Waals surface area contributed by atoms with Gasteiger partial charge in [-0.05, 0) is 27.7 Å². The van der Waals surface area contributed by atoms with Crippen LogP contribution in [0.1, 0.15) is 27.7 Å². The molecule has 90 valence electrons. The molecule has 0 radical (unpaired) electrons. The summed E-state index contributed by atoms with van der Waals surface area (Å²) in [7, 11) is 1.35. The van der Waals surface area contributed by atoms with Crippen molar-refractivity contribution >= 4 is 5.97 Å². The van der Waals surface area contributed by atoms with Gasteiger partial charge in [0, 0.05) is 12.7 Å². The van der Waals surface area contributed by atoms with Crippen LogP contribution in [-0.2, 0) is 9.53 Å². The van der Waals surface area contributed by atoms with Crippen molar-refractivity contribution in [3.05, 3.63) is 12.2 Å². The van der Waals surface area contributed by atoms with Crippen molar-refractivity contribution in [3.63, 3.8) is 0 Å². The number of ether oxygens (including phenoxy) is 1. The van der Waals surface area contributed by atoms with Crippen LogP contribution in [0.2, 0.25) is 0 Å². The van der Waals surface area contributed by atoms with Gasteiger partial charge >= 0.3 is 5.97 Å². The molecule has 0 aliphatic heterocycles. The minimum Gasteiger partial charge on any atom is -0.478 e. The Balaban J connectivity index is 0. The summed E-state index contributed by atoms with van der Waals surface area (Å²) in [6.07, 6.45) is 0. The molecule has 15 heavy (non-hydrogen) atoms. The van der Waals surface area contributed by atoms with Gasteiger partial charge in [0.05, 0.1) is 0 Å². The second-order valence-electron chi connectivity index (χ2n) is 3.83. The molecule has 0 heterocycles. The van der Waals surface area contributed by atoms with E-state index < -0.39 is 17.4 Å². The molecular weight excluding hydrogens is 200 g/mol. The lowest BCUT2D eigenvalue weighted by Gasteiger charge is -2.33. The van der Waals surface area contributed by atoms with Gasteiger partial charge in [-0.2, -0.15) is 0 Å². The van der Waals surface area contributed by atoms with Gasteiger partial charge in [0.25, 0.3) is 0 Å². The fourth-order valence-electron chi connectivity index (χ4n) is 0.250. The first-order valence-electron chi connectivity index (χ1n) is 4.34. The average Bonchev–Trinajstić information content (AvgIpc) is 2.03. The van der Waals surface area contributed by atoms with Crippen LogP contribution in [0.25, 0.3) is 0 Å². The molecule has 5 nitrogen and oxygen atoms in total. The van der Waals surface area contributed by atoms with Crippen molar-refractivity contribution < 1.29 is 24.9 Å². The summed E-state index contributed by atoms with van der Waals surface area (Å²) >= 11 is 0. The highest BCUT2D eigenvalue weighted by molar-refractivity contribution is 5.84. The van der Waals surface area contributed by atoms with Crippen LogP contribution < -0.4 is 0 Å². The predicted octanol–water partition coefficient (Wildman–Crippen LogP) is 0.759. The molecule has 0 amide bonds. The predicted molar refractivity (Wildman–Crippen MR) is 56.4 cm³/mol. The summed E-state index contributed by atoms with van der Waals surface area (Å²) in [6.45, 7) is 8.98. The Morgan fingerprint density at radius 1 is 1.27 bits per heavy atom. The monoisotopic (exact) mass is 220 g/mol. The zero-order valence-electron chi connectivity index (χ0n) is 9.87. The van der Waals surface area contributed by atoms with Gasteiger partial charge < -0.3 is 20.1 Å². The number of rotatable bonds is 3. The van der Waals surface area contributed by atoms with Crippen LogP contribution in [0.5, 0.6) is 0 Å². The maximum absolute atomic E-state index is 9.60. The summed E-state index contributed by atoms with van der Waals surface area (Å²) < 4.78 is 4.61. The first kappa shape index (κ1) is 16.5. The smallest absolute Gasteiger partial charge is 0.330 e. The number of methoxy groups -OCH3 is 1. The summed E-state index contributed by atoms with van der Waals surface area (Å²) in [5.74, 6) is -2.40. The quantitative estimate of drug-likeness (QED) is 0.483. The minimum absolute atomic E-state index is 0.176. The second-order valence-corrected chi connectivity index (χ2v) is 3.83. The minimum atomic E-state index is -1.47. The van der Waals surface area contributed by atoms with E-state index >= 15 is 0 Å². The third-order valence-electron chi connectivity index (χ3n) is 1.90. The van der Waals surface area contributed by atoms with Crippen molar-refractivity contribution in [3.8, 4) is 0 Å². The SMILES string of the molecule is C=C(C)C(=O)O.COC(C)(O)C(C)(C)O. The molecule has 0 bridgehead atoms. The summed E-state index contributed by atoms with van der Waals surface area (Å²) in [5.41, 5.74) is -1.04. The largest absolute Gasteiger partial charge is 0.478 e. The Bertz CT molecular complexity index is 212. The van der Waals surface area contributed by atoms with Gasteiger partial charge in [-0.1, -0.05) is 6.58 Å². The van der Waals surface area contributed by atoms with E-state index in [-0.39, 0.29) is 5.57 Å². The van der Waals surface area contributed by atoms with Crippen LogP contribution in [0.3, 0.4) is 0 Å². The third-order valence-corrected chi connectivity index (χ3v) is 1.90. The topological polar surface area (TPSA) is 87.0 Å². The third kappa shape index (κ3) is 7.07. The summed E-state index contributed by atoms with van der Waals surface area (Å²) in [4.78, 5) is 9.60. The molecule has 0 saturated heterocycles.